The van der Waals surface area contributed by atoms with Crippen LogP contribution in [0.25, 0.3) is 0 Å². The molecule has 0 bridgehead atoms. The molecule has 0 spiro atoms. The van der Waals surface area contributed by atoms with Gasteiger partial charge in [-0.3, -0.25) is 0 Å². The van der Waals surface area contributed by atoms with Crippen LogP contribution in [0.1, 0.15) is 26.2 Å². The number of nitrogens with one attached hydrogen (secondary N) is 2. The third kappa shape index (κ3) is 4.17. The van der Waals surface area contributed by atoms with Gasteiger partial charge in [0.05, 0.1) is 0 Å². The van der Waals surface area contributed by atoms with Crippen LogP contribution in [0.2, 0.25) is 0 Å². The van der Waals surface area contributed by atoms with Crippen molar-refractivity contribution in [3.8, 4) is 0 Å². The maximum atomic E-state index is 9.38. The SMILES string of the molecule is CCNc1nc(NCC2CCCC2CO)nc(N(C)C)n1. The van der Waals surface area contributed by atoms with Gasteiger partial charge in [-0.1, -0.05) is 6.42 Å². The largest absolute Gasteiger partial charge is 0.396 e. The van der Waals surface area contributed by atoms with Crippen molar-refractivity contribution >= 4 is 17.8 Å². The lowest BCUT2D eigenvalue weighted by atomic mass is 9.97. The molecule has 2 unspecified atom stereocenters. The summed E-state index contributed by atoms with van der Waals surface area (Å²) in [6.45, 7) is 3.85. The van der Waals surface area contributed by atoms with Crippen LogP contribution in [0.15, 0.2) is 0 Å². The van der Waals surface area contributed by atoms with Crippen LogP contribution in [0.4, 0.5) is 17.8 Å². The fourth-order valence-corrected chi connectivity index (χ4v) is 2.73. The molecule has 0 radical (unpaired) electrons. The Balaban J connectivity index is 2.04. The van der Waals surface area contributed by atoms with E-state index in [0.717, 1.165) is 25.9 Å². The number of anilines is 3. The lowest BCUT2D eigenvalue weighted by molar-refractivity contribution is 0.199. The van der Waals surface area contributed by atoms with Gasteiger partial charge in [0, 0.05) is 33.8 Å². The van der Waals surface area contributed by atoms with Crippen molar-refractivity contribution < 1.29 is 5.11 Å². The Labute approximate surface area is 126 Å². The predicted molar refractivity (Wildman–Crippen MR) is 84.7 cm³/mol. The van der Waals surface area contributed by atoms with Crippen molar-refractivity contribution in [2.24, 2.45) is 11.8 Å². The summed E-state index contributed by atoms with van der Waals surface area (Å²) in [6.07, 6.45) is 3.47. The average Bonchev–Trinajstić information content (AvgIpc) is 2.92. The Morgan fingerprint density at radius 3 is 2.38 bits per heavy atom. The Bertz CT molecular complexity index is 453. The molecule has 1 aromatic heterocycles. The standard InChI is InChI=1S/C14H26N6O/c1-4-15-12-17-13(19-14(18-12)20(2)3)16-8-10-6-5-7-11(10)9-21/h10-11,21H,4-9H2,1-3H3,(H2,15,16,17,18,19). The van der Waals surface area contributed by atoms with E-state index < -0.39 is 0 Å². The van der Waals surface area contributed by atoms with Crippen LogP contribution in [0.5, 0.6) is 0 Å². The number of rotatable bonds is 7. The number of aliphatic hydroxyl groups is 1. The molecule has 3 N–H and O–H groups in total. The zero-order valence-corrected chi connectivity index (χ0v) is 13.1. The van der Waals surface area contributed by atoms with Gasteiger partial charge in [-0.25, -0.2) is 0 Å². The van der Waals surface area contributed by atoms with E-state index in [-0.39, 0.29) is 6.61 Å². The van der Waals surface area contributed by atoms with Crippen LogP contribution in [-0.4, -0.2) is 53.9 Å². The summed E-state index contributed by atoms with van der Waals surface area (Å²) >= 11 is 0. The van der Waals surface area contributed by atoms with Crippen LogP contribution < -0.4 is 15.5 Å². The van der Waals surface area contributed by atoms with Crippen molar-refractivity contribution in [3.63, 3.8) is 0 Å². The molecule has 1 aliphatic rings. The van der Waals surface area contributed by atoms with E-state index in [1.807, 2.05) is 25.9 Å². The van der Waals surface area contributed by atoms with Crippen molar-refractivity contribution in [2.75, 3.05) is 49.3 Å². The van der Waals surface area contributed by atoms with E-state index >= 15 is 0 Å². The second-order valence-corrected chi connectivity index (χ2v) is 5.72. The highest BCUT2D eigenvalue weighted by Gasteiger charge is 2.26. The Morgan fingerprint density at radius 1 is 1.10 bits per heavy atom. The van der Waals surface area contributed by atoms with Gasteiger partial charge < -0.3 is 20.6 Å². The highest BCUT2D eigenvalue weighted by molar-refractivity contribution is 5.42. The summed E-state index contributed by atoms with van der Waals surface area (Å²) in [6, 6.07) is 0. The molecule has 1 saturated carbocycles. The van der Waals surface area contributed by atoms with E-state index in [1.54, 1.807) is 0 Å². The van der Waals surface area contributed by atoms with Crippen LogP contribution in [0.3, 0.4) is 0 Å². The van der Waals surface area contributed by atoms with Crippen molar-refractivity contribution in [2.45, 2.75) is 26.2 Å². The first-order valence-corrected chi connectivity index (χ1v) is 7.66. The molecular formula is C14H26N6O. The van der Waals surface area contributed by atoms with Gasteiger partial charge in [-0.05, 0) is 31.6 Å². The van der Waals surface area contributed by atoms with Gasteiger partial charge in [0.15, 0.2) is 0 Å². The first-order valence-electron chi connectivity index (χ1n) is 7.66. The topological polar surface area (TPSA) is 86.2 Å². The summed E-state index contributed by atoms with van der Waals surface area (Å²) < 4.78 is 0. The predicted octanol–water partition coefficient (Wildman–Crippen LogP) is 1.19. The maximum absolute atomic E-state index is 9.38. The van der Waals surface area contributed by atoms with Crippen LogP contribution in [0, 0.1) is 11.8 Å². The van der Waals surface area contributed by atoms with Gasteiger partial charge >= 0.3 is 0 Å². The van der Waals surface area contributed by atoms with Gasteiger partial charge in [0.2, 0.25) is 17.8 Å². The highest BCUT2D eigenvalue weighted by atomic mass is 16.3. The highest BCUT2D eigenvalue weighted by Crippen LogP contribution is 2.31. The van der Waals surface area contributed by atoms with E-state index in [1.165, 1.54) is 6.42 Å². The molecule has 2 rings (SSSR count). The molecule has 1 heterocycles. The first kappa shape index (κ1) is 15.8. The lowest BCUT2D eigenvalue weighted by Crippen LogP contribution is -2.23. The lowest BCUT2D eigenvalue weighted by Gasteiger charge is -2.19. The Morgan fingerprint density at radius 2 is 1.76 bits per heavy atom. The molecule has 1 aromatic rings. The number of nitrogens with zero attached hydrogens (tertiary/aromatic N) is 4. The third-order valence-corrected chi connectivity index (χ3v) is 3.93. The summed E-state index contributed by atoms with van der Waals surface area (Å²) in [7, 11) is 3.82. The smallest absolute Gasteiger partial charge is 0.231 e. The zero-order valence-electron chi connectivity index (χ0n) is 13.1. The second kappa shape index (κ2) is 7.40. The normalized spacial score (nSPS) is 21.3. The van der Waals surface area contributed by atoms with Crippen molar-refractivity contribution in [1.82, 2.24) is 15.0 Å². The van der Waals surface area contributed by atoms with E-state index in [2.05, 4.69) is 25.6 Å². The van der Waals surface area contributed by atoms with E-state index in [4.69, 9.17) is 0 Å². The second-order valence-electron chi connectivity index (χ2n) is 5.72. The van der Waals surface area contributed by atoms with Crippen LogP contribution in [-0.2, 0) is 0 Å². The molecule has 1 fully saturated rings. The average molecular weight is 294 g/mol. The zero-order chi connectivity index (χ0) is 15.2. The molecule has 1 aliphatic carbocycles. The summed E-state index contributed by atoms with van der Waals surface area (Å²) in [5, 5.41) is 15.8. The molecule has 0 saturated heterocycles. The van der Waals surface area contributed by atoms with Crippen molar-refractivity contribution in [1.29, 1.82) is 0 Å². The monoisotopic (exact) mass is 294 g/mol. The Hall–Kier alpha value is -1.63. The number of aliphatic hydroxyl groups excluding tert-OH is 1. The fourth-order valence-electron chi connectivity index (χ4n) is 2.73. The molecule has 0 amide bonds. The number of hydrogen-bond donors (Lipinski definition) is 3. The molecule has 7 heteroatoms. The molecule has 118 valence electrons. The quantitative estimate of drug-likeness (QED) is 0.696. The maximum Gasteiger partial charge on any atom is 0.231 e. The van der Waals surface area contributed by atoms with Gasteiger partial charge in [0.1, 0.15) is 0 Å². The first-order chi connectivity index (χ1) is 10.1. The summed E-state index contributed by atoms with van der Waals surface area (Å²) in [4.78, 5) is 15.0. The minimum atomic E-state index is 0.273. The minimum absolute atomic E-state index is 0.273. The molecule has 0 aromatic carbocycles. The molecular weight excluding hydrogens is 268 g/mol. The van der Waals surface area contributed by atoms with Gasteiger partial charge in [-0.2, -0.15) is 15.0 Å². The van der Waals surface area contributed by atoms with E-state index in [9.17, 15) is 5.11 Å². The number of aromatic nitrogens is 3. The van der Waals surface area contributed by atoms with E-state index in [0.29, 0.717) is 29.7 Å². The van der Waals surface area contributed by atoms with Gasteiger partial charge in [0.25, 0.3) is 0 Å². The Kier molecular flexibility index (Phi) is 5.55. The summed E-state index contributed by atoms with van der Waals surface area (Å²) in [5.41, 5.74) is 0. The molecule has 21 heavy (non-hydrogen) atoms. The molecule has 2 atom stereocenters. The van der Waals surface area contributed by atoms with Crippen LogP contribution >= 0.6 is 0 Å². The summed E-state index contributed by atoms with van der Waals surface area (Å²) in [5.74, 6) is 2.71. The third-order valence-electron chi connectivity index (χ3n) is 3.93. The fraction of sp³-hybridized carbons (Fsp3) is 0.786. The van der Waals surface area contributed by atoms with Gasteiger partial charge in [-0.15, -0.1) is 0 Å². The number of hydrogen-bond acceptors (Lipinski definition) is 7. The van der Waals surface area contributed by atoms with Crippen molar-refractivity contribution in [3.05, 3.63) is 0 Å². The molecule has 0 aliphatic heterocycles. The minimum Gasteiger partial charge on any atom is -0.396 e. The molecule has 7 nitrogen and oxygen atoms in total.